The summed E-state index contributed by atoms with van der Waals surface area (Å²) in [6, 6.07) is 6.85. The van der Waals surface area contributed by atoms with Crippen molar-refractivity contribution in [1.82, 2.24) is 14.3 Å². The molecular weight excluding hydrogens is 452 g/mol. The first kappa shape index (κ1) is 21.4. The van der Waals surface area contributed by atoms with Crippen molar-refractivity contribution in [2.45, 2.75) is 68.9 Å². The van der Waals surface area contributed by atoms with E-state index in [1.54, 1.807) is 23.4 Å². The molecule has 2 aromatic rings. The topological polar surface area (TPSA) is 105 Å². The van der Waals surface area contributed by atoms with Crippen molar-refractivity contribution in [3.05, 3.63) is 40.7 Å². The van der Waals surface area contributed by atoms with Crippen molar-refractivity contribution in [2.75, 3.05) is 0 Å². The first-order valence-electron chi connectivity index (χ1n) is 10.7. The summed E-state index contributed by atoms with van der Waals surface area (Å²) in [5, 5.41) is 9.60. The molecule has 5 rings (SSSR count). The second-order valence-corrected chi connectivity index (χ2v) is 11.2. The maximum absolute atomic E-state index is 12.8. The molecule has 0 N–H and O–H groups in total. The largest absolute Gasteiger partial charge is 0.474 e. The van der Waals surface area contributed by atoms with Gasteiger partial charge >= 0.3 is 0 Å². The Hall–Kier alpha value is -2.41. The summed E-state index contributed by atoms with van der Waals surface area (Å²) < 4.78 is 39.5. The molecule has 2 aliphatic heterocycles. The van der Waals surface area contributed by atoms with Crippen molar-refractivity contribution < 1.29 is 17.9 Å². The summed E-state index contributed by atoms with van der Waals surface area (Å²) in [7, 11) is -3.18. The van der Waals surface area contributed by atoms with Crippen LogP contribution >= 0.6 is 11.6 Å². The molecule has 1 aromatic carbocycles. The van der Waals surface area contributed by atoms with Gasteiger partial charge in [-0.25, -0.2) is 18.4 Å². The lowest BCUT2D eigenvalue weighted by atomic mass is 10.0. The Bertz CT molecular complexity index is 1180. The molecule has 1 aromatic heterocycles. The lowest BCUT2D eigenvalue weighted by Crippen LogP contribution is -2.50. The number of nitriles is 1. The molecule has 168 valence electrons. The second-order valence-electron chi connectivity index (χ2n) is 8.63. The highest BCUT2D eigenvalue weighted by molar-refractivity contribution is 7.90. The van der Waals surface area contributed by atoms with Crippen LogP contribution in [0.5, 0.6) is 17.5 Å². The van der Waals surface area contributed by atoms with Crippen LogP contribution in [0.4, 0.5) is 0 Å². The molecule has 2 bridgehead atoms. The Balaban J connectivity index is 1.32. The van der Waals surface area contributed by atoms with Crippen molar-refractivity contribution in [3.8, 4) is 23.6 Å². The maximum Gasteiger partial charge on any atom is 0.229 e. The first-order valence-corrected chi connectivity index (χ1v) is 12.6. The molecule has 3 fully saturated rings. The summed E-state index contributed by atoms with van der Waals surface area (Å²) in [6.07, 6.45) is 5.85. The predicted octanol–water partition coefficient (Wildman–Crippen LogP) is 3.97. The Morgan fingerprint density at radius 1 is 1.12 bits per heavy atom. The smallest absolute Gasteiger partial charge is 0.229 e. The third-order valence-corrected chi connectivity index (χ3v) is 9.13. The Morgan fingerprint density at radius 2 is 1.81 bits per heavy atom. The summed E-state index contributed by atoms with van der Waals surface area (Å²) in [4.78, 5) is 8.47. The average molecular weight is 475 g/mol. The van der Waals surface area contributed by atoms with Gasteiger partial charge in [-0.2, -0.15) is 9.57 Å². The number of fused-ring (bicyclic) bond motifs is 2. The van der Waals surface area contributed by atoms with Crippen LogP contribution < -0.4 is 9.47 Å². The molecule has 1 aliphatic carbocycles. The molecule has 2 saturated heterocycles. The van der Waals surface area contributed by atoms with Crippen molar-refractivity contribution >= 4 is 21.6 Å². The fourth-order valence-corrected chi connectivity index (χ4v) is 7.18. The van der Waals surface area contributed by atoms with Gasteiger partial charge in [-0.15, -0.1) is 0 Å². The fourth-order valence-electron chi connectivity index (χ4n) is 4.72. The first-order chi connectivity index (χ1) is 15.4. The average Bonchev–Trinajstić information content (AvgIpc) is 3.58. The number of hydrogen-bond donors (Lipinski definition) is 0. The standard InChI is InChI=1S/C22H23ClN4O4S/c1-13-21(25-12-26-22(13)31-20-7-2-15(23)8-14(20)11-24)30-18-9-16-3-4-17(10-18)27(16)32(28,29)19-5-6-19/h2,7-8,12,16-19H,3-6,9-10H2,1H3/t16-,17-/m0/s1. The van der Waals surface area contributed by atoms with E-state index in [1.165, 1.54) is 12.4 Å². The summed E-state index contributed by atoms with van der Waals surface area (Å²) >= 11 is 5.96. The number of rotatable bonds is 6. The van der Waals surface area contributed by atoms with E-state index in [9.17, 15) is 13.7 Å². The molecular formula is C22H23ClN4O4S. The summed E-state index contributed by atoms with van der Waals surface area (Å²) in [6.45, 7) is 1.80. The van der Waals surface area contributed by atoms with Crippen LogP contribution in [-0.4, -0.2) is 46.1 Å². The summed E-state index contributed by atoms with van der Waals surface area (Å²) in [5.74, 6) is 1.05. The van der Waals surface area contributed by atoms with E-state index in [-0.39, 0.29) is 23.4 Å². The van der Waals surface area contributed by atoms with Gasteiger partial charge in [0, 0.05) is 29.9 Å². The Labute approximate surface area is 192 Å². The molecule has 0 radical (unpaired) electrons. The number of hydrogen-bond acceptors (Lipinski definition) is 7. The van der Waals surface area contributed by atoms with Crippen molar-refractivity contribution in [1.29, 1.82) is 5.26 Å². The molecule has 0 amide bonds. The van der Waals surface area contributed by atoms with Gasteiger partial charge in [-0.3, -0.25) is 0 Å². The van der Waals surface area contributed by atoms with Crippen LogP contribution in [-0.2, 0) is 10.0 Å². The van der Waals surface area contributed by atoms with E-state index in [1.807, 2.05) is 0 Å². The van der Waals surface area contributed by atoms with Crippen LogP contribution in [0, 0.1) is 18.3 Å². The zero-order chi connectivity index (χ0) is 22.5. The zero-order valence-corrected chi connectivity index (χ0v) is 19.1. The van der Waals surface area contributed by atoms with Crippen LogP contribution in [0.1, 0.15) is 49.7 Å². The van der Waals surface area contributed by atoms with Gasteiger partial charge in [0.1, 0.15) is 24.3 Å². The number of aromatic nitrogens is 2. The van der Waals surface area contributed by atoms with Crippen LogP contribution in [0.3, 0.4) is 0 Å². The minimum absolute atomic E-state index is 0.00512. The van der Waals surface area contributed by atoms with Gasteiger partial charge in [0.25, 0.3) is 0 Å². The number of halogens is 1. The normalized spacial score (nSPS) is 25.3. The van der Waals surface area contributed by atoms with E-state index in [2.05, 4.69) is 16.0 Å². The van der Waals surface area contributed by atoms with Crippen LogP contribution in [0.2, 0.25) is 5.02 Å². The number of nitrogens with zero attached hydrogens (tertiary/aromatic N) is 4. The SMILES string of the molecule is Cc1c(Oc2ccc(Cl)cc2C#N)ncnc1OC1C[C@@H]2CC[C@@H](C1)N2S(=O)(=O)C1CC1. The molecule has 1 saturated carbocycles. The van der Waals surface area contributed by atoms with Crippen molar-refractivity contribution in [2.24, 2.45) is 0 Å². The van der Waals surface area contributed by atoms with E-state index in [0.29, 0.717) is 46.5 Å². The molecule has 0 spiro atoms. The number of benzene rings is 1. The number of piperidine rings is 1. The number of sulfonamides is 1. The fraction of sp³-hybridized carbons (Fsp3) is 0.500. The highest BCUT2D eigenvalue weighted by atomic mass is 35.5. The molecule has 8 nitrogen and oxygen atoms in total. The van der Waals surface area contributed by atoms with Gasteiger partial charge in [0.05, 0.1) is 16.4 Å². The predicted molar refractivity (Wildman–Crippen MR) is 117 cm³/mol. The maximum atomic E-state index is 12.8. The minimum atomic E-state index is -3.18. The third-order valence-electron chi connectivity index (χ3n) is 6.40. The Morgan fingerprint density at radius 3 is 2.47 bits per heavy atom. The Kier molecular flexibility index (Phi) is 5.48. The summed E-state index contributed by atoms with van der Waals surface area (Å²) in [5.41, 5.74) is 0.922. The lowest BCUT2D eigenvalue weighted by Gasteiger charge is -2.37. The molecule has 2 atom stereocenters. The third kappa shape index (κ3) is 3.91. The van der Waals surface area contributed by atoms with E-state index >= 15 is 0 Å². The highest BCUT2D eigenvalue weighted by Crippen LogP contribution is 2.44. The minimum Gasteiger partial charge on any atom is -0.474 e. The van der Waals surface area contributed by atoms with Gasteiger partial charge in [0.15, 0.2) is 0 Å². The van der Waals surface area contributed by atoms with Crippen LogP contribution in [0.15, 0.2) is 24.5 Å². The lowest BCUT2D eigenvalue weighted by molar-refractivity contribution is 0.0906. The van der Waals surface area contributed by atoms with Gasteiger partial charge in [-0.1, -0.05) is 11.6 Å². The van der Waals surface area contributed by atoms with Gasteiger partial charge in [-0.05, 0) is 50.8 Å². The molecule has 0 unspecified atom stereocenters. The van der Waals surface area contributed by atoms with Crippen molar-refractivity contribution in [3.63, 3.8) is 0 Å². The van der Waals surface area contributed by atoms with E-state index in [4.69, 9.17) is 21.1 Å². The molecule has 10 heteroatoms. The molecule has 3 heterocycles. The molecule has 32 heavy (non-hydrogen) atoms. The quantitative estimate of drug-likeness (QED) is 0.623. The molecule has 3 aliphatic rings. The van der Waals surface area contributed by atoms with Crippen LogP contribution in [0.25, 0.3) is 0 Å². The van der Waals surface area contributed by atoms with Gasteiger partial charge in [0.2, 0.25) is 21.8 Å². The van der Waals surface area contributed by atoms with E-state index < -0.39 is 10.0 Å². The number of ether oxygens (including phenoxy) is 2. The van der Waals surface area contributed by atoms with E-state index in [0.717, 1.165) is 25.7 Å². The monoisotopic (exact) mass is 474 g/mol. The zero-order valence-electron chi connectivity index (χ0n) is 17.6. The highest BCUT2D eigenvalue weighted by Gasteiger charge is 2.52. The second kappa shape index (κ2) is 8.18. The van der Waals surface area contributed by atoms with Gasteiger partial charge < -0.3 is 9.47 Å².